The number of aryl methyl sites for hydroxylation is 1. The monoisotopic (exact) mass is 341 g/mol. The largest absolute Gasteiger partial charge is 0.276 e. The molecule has 1 unspecified atom stereocenters. The number of rotatable bonds is 3. The minimum absolute atomic E-state index is 0.0259. The minimum Gasteiger partial charge on any atom is -0.276 e. The first kappa shape index (κ1) is 16.1. The van der Waals surface area contributed by atoms with Crippen LogP contribution in [0.5, 0.6) is 0 Å². The molecule has 1 aromatic carbocycles. The van der Waals surface area contributed by atoms with Crippen LogP contribution in [0.2, 0.25) is 0 Å². The van der Waals surface area contributed by atoms with Gasteiger partial charge in [0.25, 0.3) is 0 Å². The first-order valence-corrected chi connectivity index (χ1v) is 8.76. The average molecular weight is 341 g/mol. The van der Waals surface area contributed by atoms with Gasteiger partial charge in [-0.2, -0.15) is 9.40 Å². The van der Waals surface area contributed by atoms with Crippen LogP contribution in [0.1, 0.15) is 24.3 Å². The van der Waals surface area contributed by atoms with Crippen LogP contribution in [0.3, 0.4) is 0 Å². The Morgan fingerprint density at radius 3 is 2.57 bits per heavy atom. The summed E-state index contributed by atoms with van der Waals surface area (Å²) in [6.07, 6.45) is 4.99. The molecule has 2 heterocycles. The Morgan fingerprint density at radius 1 is 1.26 bits per heavy atom. The van der Waals surface area contributed by atoms with Gasteiger partial charge < -0.3 is 0 Å². The average Bonchev–Trinajstić information content (AvgIpc) is 2.94. The predicted octanol–water partition coefficient (Wildman–Crippen LogP) is 2.27. The molecule has 0 spiro atoms. The molecular formula is C15H17F2N3O2S. The number of hydrogen-bond acceptors (Lipinski definition) is 3. The van der Waals surface area contributed by atoms with E-state index in [2.05, 4.69) is 5.10 Å². The molecule has 3 rings (SSSR count). The molecule has 0 bridgehead atoms. The minimum atomic E-state index is -4.20. The lowest BCUT2D eigenvalue weighted by Crippen LogP contribution is -2.39. The number of halogens is 2. The van der Waals surface area contributed by atoms with Crippen LogP contribution < -0.4 is 0 Å². The van der Waals surface area contributed by atoms with E-state index in [0.717, 1.165) is 34.5 Å². The lowest BCUT2D eigenvalue weighted by atomic mass is 9.94. The third-order valence-corrected chi connectivity index (χ3v) is 6.01. The third-order valence-electron chi connectivity index (χ3n) is 4.10. The zero-order valence-electron chi connectivity index (χ0n) is 12.6. The molecule has 1 aliphatic heterocycles. The van der Waals surface area contributed by atoms with Crippen molar-refractivity contribution in [3.8, 4) is 0 Å². The lowest BCUT2D eigenvalue weighted by Gasteiger charge is -2.31. The number of hydrogen-bond donors (Lipinski definition) is 0. The van der Waals surface area contributed by atoms with Gasteiger partial charge >= 0.3 is 0 Å². The van der Waals surface area contributed by atoms with Crippen molar-refractivity contribution in [1.29, 1.82) is 0 Å². The summed E-state index contributed by atoms with van der Waals surface area (Å²) in [5.74, 6) is -2.15. The fourth-order valence-corrected chi connectivity index (χ4v) is 4.57. The topological polar surface area (TPSA) is 55.2 Å². The van der Waals surface area contributed by atoms with Gasteiger partial charge in [-0.05, 0) is 30.5 Å². The Morgan fingerprint density at radius 2 is 1.96 bits per heavy atom. The van der Waals surface area contributed by atoms with Crippen LogP contribution in [0, 0.1) is 11.6 Å². The fraction of sp³-hybridized carbons (Fsp3) is 0.400. The SMILES string of the molecule is Cn1cc(C2CCCN(S(=O)(=O)c3c(F)cccc3F)C2)cn1. The number of piperidine rings is 1. The zero-order chi connectivity index (χ0) is 16.6. The molecule has 2 aromatic rings. The zero-order valence-corrected chi connectivity index (χ0v) is 13.4. The fourth-order valence-electron chi connectivity index (χ4n) is 2.94. The van der Waals surface area contributed by atoms with E-state index in [1.165, 1.54) is 0 Å². The molecule has 1 aromatic heterocycles. The van der Waals surface area contributed by atoms with E-state index in [-0.39, 0.29) is 19.0 Å². The van der Waals surface area contributed by atoms with E-state index in [1.807, 2.05) is 6.20 Å². The quantitative estimate of drug-likeness (QED) is 0.860. The van der Waals surface area contributed by atoms with Gasteiger partial charge in [0.15, 0.2) is 4.90 Å². The standard InChI is InChI=1S/C15H17F2N3O2S/c1-19-9-12(8-18-19)11-4-3-7-20(10-11)23(21,22)15-13(16)5-2-6-14(15)17/h2,5-6,8-9,11H,3-4,7,10H2,1H3. The summed E-state index contributed by atoms with van der Waals surface area (Å²) >= 11 is 0. The van der Waals surface area contributed by atoms with Crippen molar-refractivity contribution in [2.45, 2.75) is 23.7 Å². The summed E-state index contributed by atoms with van der Waals surface area (Å²) in [7, 11) is -2.41. The highest BCUT2D eigenvalue weighted by Crippen LogP contribution is 2.31. The van der Waals surface area contributed by atoms with Gasteiger partial charge in [0.05, 0.1) is 6.20 Å². The van der Waals surface area contributed by atoms with E-state index in [9.17, 15) is 17.2 Å². The molecule has 0 aliphatic carbocycles. The first-order chi connectivity index (χ1) is 10.9. The Hall–Kier alpha value is -1.80. The molecule has 23 heavy (non-hydrogen) atoms. The van der Waals surface area contributed by atoms with Gasteiger partial charge in [-0.15, -0.1) is 0 Å². The maximum atomic E-state index is 13.9. The number of aromatic nitrogens is 2. The van der Waals surface area contributed by atoms with Crippen molar-refractivity contribution in [2.24, 2.45) is 7.05 Å². The molecule has 1 aliphatic rings. The summed E-state index contributed by atoms with van der Waals surface area (Å²) in [4.78, 5) is -0.869. The lowest BCUT2D eigenvalue weighted by molar-refractivity contribution is 0.313. The van der Waals surface area contributed by atoms with E-state index in [0.29, 0.717) is 6.42 Å². The number of benzene rings is 1. The van der Waals surface area contributed by atoms with Crippen LogP contribution >= 0.6 is 0 Å². The van der Waals surface area contributed by atoms with Crippen molar-refractivity contribution in [1.82, 2.24) is 14.1 Å². The molecule has 0 radical (unpaired) electrons. The van der Waals surface area contributed by atoms with E-state index in [1.54, 1.807) is 17.9 Å². The predicted molar refractivity (Wildman–Crippen MR) is 80.3 cm³/mol. The van der Waals surface area contributed by atoms with Crippen LogP contribution in [-0.4, -0.2) is 35.6 Å². The van der Waals surface area contributed by atoms with Gasteiger partial charge in [-0.3, -0.25) is 4.68 Å². The van der Waals surface area contributed by atoms with Crippen molar-refractivity contribution < 1.29 is 17.2 Å². The van der Waals surface area contributed by atoms with E-state index >= 15 is 0 Å². The summed E-state index contributed by atoms with van der Waals surface area (Å²) in [5, 5.41) is 4.09. The van der Waals surface area contributed by atoms with Gasteiger partial charge in [0.1, 0.15) is 11.6 Å². The summed E-state index contributed by atoms with van der Waals surface area (Å²) in [6.45, 7) is 0.453. The highest BCUT2D eigenvalue weighted by atomic mass is 32.2. The summed E-state index contributed by atoms with van der Waals surface area (Å²) in [6, 6.07) is 3.06. The summed E-state index contributed by atoms with van der Waals surface area (Å²) < 4.78 is 55.8. The second-order valence-corrected chi connectivity index (χ2v) is 7.58. The number of sulfonamides is 1. The third kappa shape index (κ3) is 3.00. The van der Waals surface area contributed by atoms with Gasteiger partial charge in [0, 0.05) is 32.3 Å². The maximum Gasteiger partial charge on any atom is 0.248 e. The normalized spacial score (nSPS) is 19.9. The molecule has 0 N–H and O–H groups in total. The van der Waals surface area contributed by atoms with Crippen molar-refractivity contribution in [3.63, 3.8) is 0 Å². The van der Waals surface area contributed by atoms with E-state index < -0.39 is 26.6 Å². The Bertz CT molecular complexity index is 800. The first-order valence-electron chi connectivity index (χ1n) is 7.32. The van der Waals surface area contributed by atoms with Crippen molar-refractivity contribution in [3.05, 3.63) is 47.8 Å². The molecule has 8 heteroatoms. The van der Waals surface area contributed by atoms with Crippen LogP contribution in [0.15, 0.2) is 35.5 Å². The van der Waals surface area contributed by atoms with Crippen molar-refractivity contribution >= 4 is 10.0 Å². The molecular weight excluding hydrogens is 324 g/mol. The molecule has 1 atom stereocenters. The number of nitrogens with zero attached hydrogens (tertiary/aromatic N) is 3. The van der Waals surface area contributed by atoms with Gasteiger partial charge in [0.2, 0.25) is 10.0 Å². The second kappa shape index (κ2) is 6.01. The maximum absolute atomic E-state index is 13.9. The Balaban J connectivity index is 1.91. The molecule has 0 amide bonds. The second-order valence-electron chi connectivity index (χ2n) is 5.70. The van der Waals surface area contributed by atoms with Crippen molar-refractivity contribution in [2.75, 3.05) is 13.1 Å². The smallest absolute Gasteiger partial charge is 0.248 e. The molecule has 124 valence electrons. The van der Waals surface area contributed by atoms with Crippen LogP contribution in [0.25, 0.3) is 0 Å². The van der Waals surface area contributed by atoms with Gasteiger partial charge in [-0.1, -0.05) is 6.07 Å². The van der Waals surface area contributed by atoms with E-state index in [4.69, 9.17) is 0 Å². The van der Waals surface area contributed by atoms with Crippen LogP contribution in [0.4, 0.5) is 8.78 Å². The highest BCUT2D eigenvalue weighted by molar-refractivity contribution is 7.89. The molecule has 1 saturated heterocycles. The Labute approximate surface area is 133 Å². The molecule has 0 saturated carbocycles. The van der Waals surface area contributed by atoms with Crippen LogP contribution in [-0.2, 0) is 17.1 Å². The Kier molecular flexibility index (Phi) is 4.20. The van der Waals surface area contributed by atoms with Gasteiger partial charge in [-0.25, -0.2) is 17.2 Å². The molecule has 5 nitrogen and oxygen atoms in total. The highest BCUT2D eigenvalue weighted by Gasteiger charge is 2.34. The summed E-state index contributed by atoms with van der Waals surface area (Å²) in [5.41, 5.74) is 0.932. The molecule has 1 fully saturated rings.